The number of halogens is 3. The van der Waals surface area contributed by atoms with Crippen LogP contribution < -0.4 is 5.32 Å². The highest BCUT2D eigenvalue weighted by Crippen LogP contribution is 2.20. The number of nitrogens with one attached hydrogen (secondary N) is 1. The minimum atomic E-state index is -4.28. The van der Waals surface area contributed by atoms with E-state index in [-0.39, 0.29) is 19.7 Å². The van der Waals surface area contributed by atoms with Gasteiger partial charge in [0.2, 0.25) is 0 Å². The van der Waals surface area contributed by atoms with Gasteiger partial charge in [-0.05, 0) is 12.5 Å². The Morgan fingerprint density at radius 3 is 2.75 bits per heavy atom. The second-order valence-electron chi connectivity index (χ2n) is 4.49. The van der Waals surface area contributed by atoms with E-state index >= 15 is 0 Å². The van der Waals surface area contributed by atoms with Crippen LogP contribution in [0.4, 0.5) is 19.0 Å². The van der Waals surface area contributed by atoms with Crippen LogP contribution in [-0.2, 0) is 6.54 Å². The summed E-state index contributed by atoms with van der Waals surface area (Å²) >= 11 is 0. The maximum Gasteiger partial charge on any atom is 0.401 e. The minimum absolute atomic E-state index is 0.0262. The van der Waals surface area contributed by atoms with Gasteiger partial charge in [-0.3, -0.25) is 4.90 Å². The molecule has 1 rings (SSSR count). The van der Waals surface area contributed by atoms with Gasteiger partial charge in [0.25, 0.3) is 0 Å². The average molecular weight is 291 g/mol. The normalized spacial score (nSPS) is 11.9. The fourth-order valence-corrected chi connectivity index (χ4v) is 1.82. The molecule has 7 heteroatoms. The van der Waals surface area contributed by atoms with E-state index in [4.69, 9.17) is 5.11 Å². The summed E-state index contributed by atoms with van der Waals surface area (Å²) in [6.07, 6.45) is -1.78. The summed E-state index contributed by atoms with van der Waals surface area (Å²) < 4.78 is 37.4. The Labute approximate surface area is 116 Å². The number of anilines is 1. The smallest absolute Gasteiger partial charge is 0.395 e. The van der Waals surface area contributed by atoms with Gasteiger partial charge in [-0.15, -0.1) is 0 Å². The molecule has 0 atom stereocenters. The van der Waals surface area contributed by atoms with Crippen molar-refractivity contribution in [1.82, 2.24) is 9.88 Å². The van der Waals surface area contributed by atoms with Gasteiger partial charge in [0.1, 0.15) is 5.82 Å². The first-order chi connectivity index (χ1) is 9.46. The van der Waals surface area contributed by atoms with Crippen LogP contribution in [0.1, 0.15) is 18.9 Å². The molecular formula is C13H20F3N3O. The van der Waals surface area contributed by atoms with E-state index in [0.717, 1.165) is 11.3 Å². The van der Waals surface area contributed by atoms with Crippen molar-refractivity contribution in [2.24, 2.45) is 0 Å². The van der Waals surface area contributed by atoms with Gasteiger partial charge < -0.3 is 10.4 Å². The molecule has 1 aromatic rings. The zero-order valence-corrected chi connectivity index (χ0v) is 11.5. The molecule has 0 aliphatic heterocycles. The molecule has 0 fully saturated rings. The summed E-state index contributed by atoms with van der Waals surface area (Å²) in [7, 11) is 0. The first-order valence-corrected chi connectivity index (χ1v) is 6.54. The molecule has 0 unspecified atom stereocenters. The molecule has 0 bridgehead atoms. The Morgan fingerprint density at radius 2 is 2.15 bits per heavy atom. The molecule has 20 heavy (non-hydrogen) atoms. The summed E-state index contributed by atoms with van der Waals surface area (Å²) in [5.41, 5.74) is 0.693. The lowest BCUT2D eigenvalue weighted by molar-refractivity contribution is -0.147. The first-order valence-electron chi connectivity index (χ1n) is 6.54. The van der Waals surface area contributed by atoms with Crippen molar-refractivity contribution in [2.75, 3.05) is 31.6 Å². The van der Waals surface area contributed by atoms with E-state index in [1.807, 2.05) is 6.92 Å². The van der Waals surface area contributed by atoms with Gasteiger partial charge in [0, 0.05) is 31.4 Å². The molecular weight excluding hydrogens is 271 g/mol. The second-order valence-corrected chi connectivity index (χ2v) is 4.49. The summed E-state index contributed by atoms with van der Waals surface area (Å²) in [6.45, 7) is 1.42. The highest BCUT2D eigenvalue weighted by molar-refractivity contribution is 5.43. The third kappa shape index (κ3) is 6.21. The highest BCUT2D eigenvalue weighted by atomic mass is 19.4. The lowest BCUT2D eigenvalue weighted by atomic mass is 10.2. The first kappa shape index (κ1) is 16.7. The predicted octanol–water partition coefficient (Wildman–Crippen LogP) is 2.26. The monoisotopic (exact) mass is 291 g/mol. The SMILES string of the molecule is CCCNc1ncccc1CN(CCO)CC(F)(F)F. The number of hydrogen-bond donors (Lipinski definition) is 2. The van der Waals surface area contributed by atoms with E-state index in [2.05, 4.69) is 10.3 Å². The largest absolute Gasteiger partial charge is 0.401 e. The molecule has 0 saturated carbocycles. The highest BCUT2D eigenvalue weighted by Gasteiger charge is 2.30. The van der Waals surface area contributed by atoms with E-state index in [9.17, 15) is 13.2 Å². The molecule has 2 N–H and O–H groups in total. The van der Waals surface area contributed by atoms with Crippen LogP contribution in [0.3, 0.4) is 0 Å². The quantitative estimate of drug-likeness (QED) is 0.771. The molecule has 114 valence electrons. The molecule has 0 aliphatic carbocycles. The summed E-state index contributed by atoms with van der Waals surface area (Å²) in [4.78, 5) is 5.31. The van der Waals surface area contributed by atoms with Crippen LogP contribution in [0.25, 0.3) is 0 Å². The third-order valence-corrected chi connectivity index (χ3v) is 2.65. The van der Waals surface area contributed by atoms with E-state index in [0.29, 0.717) is 17.9 Å². The average Bonchev–Trinajstić information content (AvgIpc) is 2.36. The van der Waals surface area contributed by atoms with Crippen molar-refractivity contribution in [1.29, 1.82) is 0 Å². The Bertz CT molecular complexity index is 399. The van der Waals surface area contributed by atoms with Crippen LogP contribution in [0.2, 0.25) is 0 Å². The number of rotatable bonds is 8. The third-order valence-electron chi connectivity index (χ3n) is 2.65. The van der Waals surface area contributed by atoms with Gasteiger partial charge in [-0.1, -0.05) is 13.0 Å². The van der Waals surface area contributed by atoms with Gasteiger partial charge in [0.05, 0.1) is 13.2 Å². The van der Waals surface area contributed by atoms with Crippen molar-refractivity contribution in [3.63, 3.8) is 0 Å². The lowest BCUT2D eigenvalue weighted by Gasteiger charge is -2.23. The number of aliphatic hydroxyl groups is 1. The number of aromatic nitrogens is 1. The Hall–Kier alpha value is -1.34. The topological polar surface area (TPSA) is 48.4 Å². The van der Waals surface area contributed by atoms with Crippen LogP contribution in [0, 0.1) is 0 Å². The maximum absolute atomic E-state index is 12.5. The molecule has 1 heterocycles. The molecule has 0 radical (unpaired) electrons. The second kappa shape index (κ2) is 8.06. The minimum Gasteiger partial charge on any atom is -0.395 e. The van der Waals surface area contributed by atoms with Gasteiger partial charge in [-0.25, -0.2) is 4.98 Å². The Morgan fingerprint density at radius 1 is 1.40 bits per heavy atom. The summed E-state index contributed by atoms with van der Waals surface area (Å²) in [5, 5.41) is 12.0. The number of pyridine rings is 1. The van der Waals surface area contributed by atoms with Crippen molar-refractivity contribution in [3.8, 4) is 0 Å². The van der Waals surface area contributed by atoms with Gasteiger partial charge in [0.15, 0.2) is 0 Å². The van der Waals surface area contributed by atoms with Crippen molar-refractivity contribution in [2.45, 2.75) is 26.1 Å². The molecule has 0 saturated heterocycles. The van der Waals surface area contributed by atoms with Crippen LogP contribution in [0.5, 0.6) is 0 Å². The fraction of sp³-hybridized carbons (Fsp3) is 0.615. The number of nitrogens with zero attached hydrogens (tertiary/aromatic N) is 2. The maximum atomic E-state index is 12.5. The van der Waals surface area contributed by atoms with Crippen LogP contribution in [-0.4, -0.2) is 47.4 Å². The zero-order chi connectivity index (χ0) is 15.0. The van der Waals surface area contributed by atoms with Crippen LogP contribution in [0.15, 0.2) is 18.3 Å². The van der Waals surface area contributed by atoms with Crippen molar-refractivity contribution >= 4 is 5.82 Å². The summed E-state index contributed by atoms with van der Waals surface area (Å²) in [5.74, 6) is 0.597. The lowest BCUT2D eigenvalue weighted by Crippen LogP contribution is -2.36. The standard InChI is InChI=1S/C13H20F3N3O/c1-2-5-17-12-11(4-3-6-18-12)9-19(7-8-20)10-13(14,15)16/h3-4,6,20H,2,5,7-10H2,1H3,(H,17,18). The van der Waals surface area contributed by atoms with Crippen molar-refractivity contribution < 1.29 is 18.3 Å². The zero-order valence-electron chi connectivity index (χ0n) is 11.5. The van der Waals surface area contributed by atoms with Gasteiger partial charge >= 0.3 is 6.18 Å². The van der Waals surface area contributed by atoms with Crippen molar-refractivity contribution in [3.05, 3.63) is 23.9 Å². The van der Waals surface area contributed by atoms with E-state index < -0.39 is 12.7 Å². The molecule has 4 nitrogen and oxygen atoms in total. The summed E-state index contributed by atoms with van der Waals surface area (Å²) in [6, 6.07) is 3.43. The molecule has 0 spiro atoms. The van der Waals surface area contributed by atoms with Gasteiger partial charge in [-0.2, -0.15) is 13.2 Å². The van der Waals surface area contributed by atoms with Crippen LogP contribution >= 0.6 is 0 Å². The number of alkyl halides is 3. The Kier molecular flexibility index (Phi) is 6.74. The number of aliphatic hydroxyl groups excluding tert-OH is 1. The molecule has 1 aromatic heterocycles. The predicted molar refractivity (Wildman–Crippen MR) is 71.4 cm³/mol. The van der Waals surface area contributed by atoms with E-state index in [1.165, 1.54) is 0 Å². The molecule has 0 aromatic carbocycles. The molecule has 0 aliphatic rings. The molecule has 0 amide bonds. The Balaban J connectivity index is 2.76. The van der Waals surface area contributed by atoms with E-state index in [1.54, 1.807) is 18.3 Å². The number of hydrogen-bond acceptors (Lipinski definition) is 4. The fourth-order valence-electron chi connectivity index (χ4n) is 1.82.